The van der Waals surface area contributed by atoms with E-state index in [0.29, 0.717) is 12.6 Å². The largest absolute Gasteiger partial charge is 0.497 e. The zero-order valence-electron chi connectivity index (χ0n) is 12.5. The Labute approximate surface area is 126 Å². The highest BCUT2D eigenvalue weighted by Gasteiger charge is 2.27. The summed E-state index contributed by atoms with van der Waals surface area (Å²) in [6.07, 6.45) is 2.39. The van der Waals surface area contributed by atoms with Crippen molar-refractivity contribution in [2.75, 3.05) is 18.6 Å². The molecule has 3 heteroatoms. The number of nitrogens with zero attached hydrogens (tertiary/aromatic N) is 1. The standard InChI is InChI=1S/C18H22N2O/c1-21-16-10-9-15(13-19)18(12-16)20-11-5-8-17(20)14-6-3-2-4-7-14/h2-4,6-7,9-10,12,17H,5,8,11,13,19H2,1H3. The smallest absolute Gasteiger partial charge is 0.120 e. The van der Waals surface area contributed by atoms with Crippen molar-refractivity contribution in [2.24, 2.45) is 5.73 Å². The second kappa shape index (κ2) is 6.19. The van der Waals surface area contributed by atoms with Crippen molar-refractivity contribution in [3.05, 3.63) is 59.7 Å². The minimum atomic E-state index is 0.434. The molecule has 1 heterocycles. The third-order valence-corrected chi connectivity index (χ3v) is 4.26. The second-order valence-corrected chi connectivity index (χ2v) is 5.46. The lowest BCUT2D eigenvalue weighted by Crippen LogP contribution is -2.24. The topological polar surface area (TPSA) is 38.5 Å². The van der Waals surface area contributed by atoms with Gasteiger partial charge in [0, 0.05) is 24.8 Å². The van der Waals surface area contributed by atoms with Gasteiger partial charge >= 0.3 is 0 Å². The van der Waals surface area contributed by atoms with Gasteiger partial charge < -0.3 is 15.4 Å². The molecule has 0 spiro atoms. The van der Waals surface area contributed by atoms with Crippen molar-refractivity contribution in [1.82, 2.24) is 0 Å². The summed E-state index contributed by atoms with van der Waals surface area (Å²) in [4.78, 5) is 2.47. The predicted octanol–water partition coefficient (Wildman–Crippen LogP) is 3.50. The van der Waals surface area contributed by atoms with Gasteiger partial charge in [-0.25, -0.2) is 0 Å². The number of benzene rings is 2. The average molecular weight is 282 g/mol. The molecule has 3 nitrogen and oxygen atoms in total. The number of rotatable bonds is 4. The maximum atomic E-state index is 5.93. The minimum Gasteiger partial charge on any atom is -0.497 e. The number of hydrogen-bond donors (Lipinski definition) is 1. The monoisotopic (exact) mass is 282 g/mol. The van der Waals surface area contributed by atoms with Crippen LogP contribution in [-0.2, 0) is 6.54 Å². The van der Waals surface area contributed by atoms with Crippen molar-refractivity contribution in [3.8, 4) is 5.75 Å². The maximum Gasteiger partial charge on any atom is 0.120 e. The third-order valence-electron chi connectivity index (χ3n) is 4.26. The van der Waals surface area contributed by atoms with Crippen LogP contribution < -0.4 is 15.4 Å². The molecule has 1 aliphatic rings. The number of anilines is 1. The molecule has 2 aromatic carbocycles. The van der Waals surface area contributed by atoms with Gasteiger partial charge in [-0.3, -0.25) is 0 Å². The lowest BCUT2D eigenvalue weighted by molar-refractivity contribution is 0.414. The fourth-order valence-corrected chi connectivity index (χ4v) is 3.19. The van der Waals surface area contributed by atoms with Crippen LogP contribution in [-0.4, -0.2) is 13.7 Å². The summed E-state index contributed by atoms with van der Waals surface area (Å²) >= 11 is 0. The maximum absolute atomic E-state index is 5.93. The molecule has 0 aliphatic carbocycles. The van der Waals surface area contributed by atoms with E-state index >= 15 is 0 Å². The first-order valence-corrected chi connectivity index (χ1v) is 7.52. The Kier molecular flexibility index (Phi) is 4.11. The zero-order chi connectivity index (χ0) is 14.7. The first-order chi connectivity index (χ1) is 10.3. The Morgan fingerprint density at radius 2 is 2.00 bits per heavy atom. The van der Waals surface area contributed by atoms with E-state index < -0.39 is 0 Å². The summed E-state index contributed by atoms with van der Waals surface area (Å²) < 4.78 is 5.39. The van der Waals surface area contributed by atoms with Crippen molar-refractivity contribution in [2.45, 2.75) is 25.4 Å². The van der Waals surface area contributed by atoms with Gasteiger partial charge in [-0.15, -0.1) is 0 Å². The quantitative estimate of drug-likeness (QED) is 0.933. The van der Waals surface area contributed by atoms with Crippen LogP contribution in [0.3, 0.4) is 0 Å². The molecule has 0 bridgehead atoms. The van der Waals surface area contributed by atoms with Crippen molar-refractivity contribution in [1.29, 1.82) is 0 Å². The predicted molar refractivity (Wildman–Crippen MR) is 86.6 cm³/mol. The van der Waals surface area contributed by atoms with Gasteiger partial charge in [-0.05, 0) is 30.0 Å². The highest BCUT2D eigenvalue weighted by atomic mass is 16.5. The van der Waals surface area contributed by atoms with Crippen LogP contribution in [0.25, 0.3) is 0 Å². The van der Waals surface area contributed by atoms with Crippen LogP contribution in [0.15, 0.2) is 48.5 Å². The van der Waals surface area contributed by atoms with E-state index in [9.17, 15) is 0 Å². The molecule has 2 aromatic rings. The highest BCUT2D eigenvalue weighted by molar-refractivity contribution is 5.59. The van der Waals surface area contributed by atoms with E-state index in [0.717, 1.165) is 12.3 Å². The zero-order valence-corrected chi connectivity index (χ0v) is 12.5. The molecule has 3 rings (SSSR count). The summed E-state index contributed by atoms with van der Waals surface area (Å²) in [6.45, 7) is 1.62. The van der Waals surface area contributed by atoms with E-state index in [1.54, 1.807) is 7.11 Å². The molecule has 1 saturated heterocycles. The van der Waals surface area contributed by atoms with E-state index in [2.05, 4.69) is 47.4 Å². The molecule has 0 aromatic heterocycles. The van der Waals surface area contributed by atoms with Crippen LogP contribution in [0.1, 0.15) is 30.0 Å². The molecule has 21 heavy (non-hydrogen) atoms. The van der Waals surface area contributed by atoms with E-state index in [1.165, 1.54) is 29.7 Å². The van der Waals surface area contributed by atoms with Gasteiger partial charge in [0.15, 0.2) is 0 Å². The molecular formula is C18H22N2O. The van der Waals surface area contributed by atoms with Gasteiger partial charge in [0.05, 0.1) is 13.2 Å². The van der Waals surface area contributed by atoms with Crippen molar-refractivity contribution in [3.63, 3.8) is 0 Å². The summed E-state index contributed by atoms with van der Waals surface area (Å²) in [7, 11) is 1.71. The normalized spacial score (nSPS) is 18.0. The third kappa shape index (κ3) is 2.74. The summed E-state index contributed by atoms with van der Waals surface area (Å²) in [5.74, 6) is 0.890. The average Bonchev–Trinajstić information content (AvgIpc) is 3.04. The molecule has 0 saturated carbocycles. The molecule has 1 fully saturated rings. The Bertz CT molecular complexity index is 597. The summed E-state index contributed by atoms with van der Waals surface area (Å²) in [5, 5.41) is 0. The fourth-order valence-electron chi connectivity index (χ4n) is 3.19. The van der Waals surface area contributed by atoms with Crippen LogP contribution >= 0.6 is 0 Å². The summed E-state index contributed by atoms with van der Waals surface area (Å²) in [6, 6.07) is 17.3. The van der Waals surface area contributed by atoms with Crippen LogP contribution in [0, 0.1) is 0 Å². The van der Waals surface area contributed by atoms with Crippen LogP contribution in [0.4, 0.5) is 5.69 Å². The Morgan fingerprint density at radius 3 is 2.71 bits per heavy atom. The Morgan fingerprint density at radius 1 is 1.19 bits per heavy atom. The highest BCUT2D eigenvalue weighted by Crippen LogP contribution is 2.38. The lowest BCUT2D eigenvalue weighted by atomic mass is 10.0. The first kappa shape index (κ1) is 14.0. The number of ether oxygens (including phenoxy) is 1. The van der Waals surface area contributed by atoms with Crippen molar-refractivity contribution >= 4 is 5.69 Å². The van der Waals surface area contributed by atoms with Crippen LogP contribution in [0.2, 0.25) is 0 Å². The molecule has 0 amide bonds. The molecule has 1 unspecified atom stereocenters. The van der Waals surface area contributed by atoms with E-state index in [1.807, 2.05) is 6.07 Å². The second-order valence-electron chi connectivity index (χ2n) is 5.46. The minimum absolute atomic E-state index is 0.434. The lowest BCUT2D eigenvalue weighted by Gasteiger charge is -2.29. The summed E-state index contributed by atoms with van der Waals surface area (Å²) in [5.41, 5.74) is 9.69. The van der Waals surface area contributed by atoms with Gasteiger partial charge in [0.1, 0.15) is 5.75 Å². The first-order valence-electron chi connectivity index (χ1n) is 7.52. The Hall–Kier alpha value is -2.00. The molecule has 110 valence electrons. The van der Waals surface area contributed by atoms with Gasteiger partial charge in [-0.1, -0.05) is 36.4 Å². The number of nitrogens with two attached hydrogens (primary N) is 1. The van der Waals surface area contributed by atoms with Gasteiger partial charge in [-0.2, -0.15) is 0 Å². The molecule has 1 aliphatic heterocycles. The van der Waals surface area contributed by atoms with Crippen molar-refractivity contribution < 1.29 is 4.74 Å². The fraction of sp³-hybridized carbons (Fsp3) is 0.333. The molecular weight excluding hydrogens is 260 g/mol. The van der Waals surface area contributed by atoms with E-state index in [-0.39, 0.29) is 0 Å². The molecule has 2 N–H and O–H groups in total. The van der Waals surface area contributed by atoms with E-state index in [4.69, 9.17) is 10.5 Å². The number of hydrogen-bond acceptors (Lipinski definition) is 3. The molecule has 1 atom stereocenters. The van der Waals surface area contributed by atoms with Gasteiger partial charge in [0.2, 0.25) is 0 Å². The van der Waals surface area contributed by atoms with Crippen LogP contribution in [0.5, 0.6) is 5.75 Å². The SMILES string of the molecule is COc1ccc(CN)c(N2CCCC2c2ccccc2)c1. The molecule has 0 radical (unpaired) electrons. The Balaban J connectivity index is 1.98. The number of methoxy groups -OCH3 is 1. The van der Waals surface area contributed by atoms with Gasteiger partial charge in [0.25, 0.3) is 0 Å².